The first-order valence-electron chi connectivity index (χ1n) is 13.6. The minimum absolute atomic E-state index is 0.184. The molecule has 0 aromatic heterocycles. The number of ether oxygens (including phenoxy) is 2. The number of fused-ring (bicyclic) bond motifs is 1. The lowest BCUT2D eigenvalue weighted by Crippen LogP contribution is -2.33. The minimum atomic E-state index is -0.449. The molecule has 5 rings (SSSR count). The number of amides is 3. The monoisotopic (exact) mass is 550 g/mol. The highest BCUT2D eigenvalue weighted by molar-refractivity contribution is 6.04. The molecule has 3 N–H and O–H groups in total. The average Bonchev–Trinajstić information content (AvgIpc) is 3.01. The first kappa shape index (κ1) is 27.6. The molecule has 1 heterocycles. The van der Waals surface area contributed by atoms with E-state index in [1.54, 1.807) is 38.5 Å². The number of methoxy groups -OCH3 is 2. The van der Waals surface area contributed by atoms with Crippen LogP contribution in [0.3, 0.4) is 0 Å². The summed E-state index contributed by atoms with van der Waals surface area (Å²) >= 11 is 0. The van der Waals surface area contributed by atoms with Crippen LogP contribution in [0.25, 0.3) is 0 Å². The van der Waals surface area contributed by atoms with E-state index in [0.29, 0.717) is 41.5 Å². The molecule has 210 valence electrons. The Labute approximate surface area is 240 Å². The molecule has 41 heavy (non-hydrogen) atoms. The van der Waals surface area contributed by atoms with Gasteiger partial charge in [0.2, 0.25) is 0 Å². The lowest BCUT2D eigenvalue weighted by atomic mass is 9.98. The van der Waals surface area contributed by atoms with E-state index in [9.17, 15) is 9.59 Å². The van der Waals surface area contributed by atoms with Gasteiger partial charge in [0, 0.05) is 54.9 Å². The van der Waals surface area contributed by atoms with E-state index in [4.69, 9.17) is 9.47 Å². The highest BCUT2D eigenvalue weighted by Crippen LogP contribution is 2.30. The van der Waals surface area contributed by atoms with Gasteiger partial charge in [0.1, 0.15) is 11.5 Å². The maximum atomic E-state index is 13.5. The van der Waals surface area contributed by atoms with Crippen molar-refractivity contribution in [2.24, 2.45) is 0 Å². The van der Waals surface area contributed by atoms with E-state index < -0.39 is 6.03 Å². The van der Waals surface area contributed by atoms with Gasteiger partial charge >= 0.3 is 6.03 Å². The Bertz CT molecular complexity index is 1500. The molecule has 0 saturated heterocycles. The van der Waals surface area contributed by atoms with Crippen LogP contribution < -0.4 is 30.3 Å². The van der Waals surface area contributed by atoms with Crippen molar-refractivity contribution in [2.75, 3.05) is 42.8 Å². The predicted molar refractivity (Wildman–Crippen MR) is 162 cm³/mol. The molecular weight excluding hydrogens is 516 g/mol. The normalized spacial score (nSPS) is 12.2. The second-order valence-corrected chi connectivity index (χ2v) is 9.84. The SMILES string of the molecule is COc1cc(NC(=O)Nc2ccc(N3CCc4ccccc4C3)c(C(=O)NCCc3ccccc3)c2)cc(OC)c1. The lowest BCUT2D eigenvalue weighted by Gasteiger charge is -2.32. The van der Waals surface area contributed by atoms with Crippen LogP contribution in [0.1, 0.15) is 27.0 Å². The lowest BCUT2D eigenvalue weighted by molar-refractivity contribution is 0.0954. The van der Waals surface area contributed by atoms with Gasteiger partial charge in [-0.2, -0.15) is 0 Å². The molecule has 8 heteroatoms. The highest BCUT2D eigenvalue weighted by atomic mass is 16.5. The van der Waals surface area contributed by atoms with Gasteiger partial charge in [-0.15, -0.1) is 0 Å². The summed E-state index contributed by atoms with van der Waals surface area (Å²) in [4.78, 5) is 28.6. The molecular formula is C33H34N4O4. The molecule has 0 spiro atoms. The average molecular weight is 551 g/mol. The van der Waals surface area contributed by atoms with E-state index in [0.717, 1.165) is 30.6 Å². The topological polar surface area (TPSA) is 91.9 Å². The largest absolute Gasteiger partial charge is 0.497 e. The van der Waals surface area contributed by atoms with Gasteiger partial charge in [-0.1, -0.05) is 54.6 Å². The Morgan fingerprint density at radius 2 is 1.46 bits per heavy atom. The number of hydrogen-bond acceptors (Lipinski definition) is 5. The Hall–Kier alpha value is -4.98. The van der Waals surface area contributed by atoms with Crippen LogP contribution in [-0.4, -0.2) is 39.2 Å². The van der Waals surface area contributed by atoms with Crippen molar-refractivity contribution in [3.63, 3.8) is 0 Å². The van der Waals surface area contributed by atoms with Gasteiger partial charge in [-0.3, -0.25) is 4.79 Å². The molecule has 0 atom stereocenters. The van der Waals surface area contributed by atoms with E-state index >= 15 is 0 Å². The van der Waals surface area contributed by atoms with Gasteiger partial charge in [0.05, 0.1) is 19.8 Å². The number of nitrogens with zero attached hydrogens (tertiary/aromatic N) is 1. The number of anilines is 3. The molecule has 0 aliphatic carbocycles. The number of carbonyl (C=O) groups is 2. The predicted octanol–water partition coefficient (Wildman–Crippen LogP) is 5.88. The van der Waals surface area contributed by atoms with Crippen molar-refractivity contribution in [1.29, 1.82) is 0 Å². The van der Waals surface area contributed by atoms with Crippen molar-refractivity contribution in [2.45, 2.75) is 19.4 Å². The first-order chi connectivity index (χ1) is 20.0. The summed E-state index contributed by atoms with van der Waals surface area (Å²) in [5.74, 6) is 0.930. The zero-order valence-electron chi connectivity index (χ0n) is 23.3. The van der Waals surface area contributed by atoms with Crippen molar-refractivity contribution in [1.82, 2.24) is 5.32 Å². The van der Waals surface area contributed by atoms with Crippen molar-refractivity contribution in [3.8, 4) is 11.5 Å². The summed E-state index contributed by atoms with van der Waals surface area (Å²) in [6, 6.07) is 28.6. The third-order valence-corrected chi connectivity index (χ3v) is 7.12. The zero-order valence-corrected chi connectivity index (χ0v) is 23.3. The van der Waals surface area contributed by atoms with E-state index in [-0.39, 0.29) is 5.91 Å². The Morgan fingerprint density at radius 3 is 2.20 bits per heavy atom. The van der Waals surface area contributed by atoms with Crippen LogP contribution in [0.5, 0.6) is 11.5 Å². The standard InChI is InChI=1S/C33H34N4O4/c1-40-28-18-27(19-29(21-28)41-2)36-33(39)35-26-12-13-31(37-17-15-24-10-6-7-11-25(24)22-37)30(20-26)32(38)34-16-14-23-8-4-3-5-9-23/h3-13,18-21H,14-17,22H2,1-2H3,(H,34,38)(H2,35,36,39). The number of benzene rings is 4. The molecule has 4 aromatic carbocycles. The van der Waals surface area contributed by atoms with Gasteiger partial charge in [-0.25, -0.2) is 4.79 Å². The first-order valence-corrected chi connectivity index (χ1v) is 13.6. The van der Waals surface area contributed by atoms with Crippen molar-refractivity contribution in [3.05, 3.63) is 113 Å². The Morgan fingerprint density at radius 1 is 0.780 bits per heavy atom. The second kappa shape index (κ2) is 12.9. The molecule has 0 radical (unpaired) electrons. The summed E-state index contributed by atoms with van der Waals surface area (Å²) in [7, 11) is 3.10. The summed E-state index contributed by atoms with van der Waals surface area (Å²) in [5.41, 5.74) is 6.11. The van der Waals surface area contributed by atoms with Crippen molar-refractivity contribution < 1.29 is 19.1 Å². The van der Waals surface area contributed by atoms with Crippen LogP contribution in [-0.2, 0) is 19.4 Å². The Balaban J connectivity index is 1.35. The van der Waals surface area contributed by atoms with Gasteiger partial charge in [0.15, 0.2) is 0 Å². The second-order valence-electron chi connectivity index (χ2n) is 9.84. The van der Waals surface area contributed by atoms with Crippen LogP contribution in [0.2, 0.25) is 0 Å². The fourth-order valence-electron chi connectivity index (χ4n) is 5.01. The molecule has 3 amide bonds. The molecule has 0 unspecified atom stereocenters. The van der Waals surface area contributed by atoms with Gasteiger partial charge in [0.25, 0.3) is 5.91 Å². The van der Waals surface area contributed by atoms with Gasteiger partial charge in [-0.05, 0) is 47.7 Å². The van der Waals surface area contributed by atoms with Crippen LogP contribution in [0, 0.1) is 0 Å². The molecule has 0 fully saturated rings. The number of hydrogen-bond donors (Lipinski definition) is 3. The third kappa shape index (κ3) is 6.97. The smallest absolute Gasteiger partial charge is 0.323 e. The molecule has 4 aromatic rings. The number of urea groups is 1. The Kier molecular flexibility index (Phi) is 8.69. The fraction of sp³-hybridized carbons (Fsp3) is 0.212. The minimum Gasteiger partial charge on any atom is -0.497 e. The summed E-state index contributed by atoms with van der Waals surface area (Å²) in [5, 5.41) is 8.74. The van der Waals surface area contributed by atoms with E-state index in [2.05, 4.69) is 39.0 Å². The third-order valence-electron chi connectivity index (χ3n) is 7.12. The fourth-order valence-corrected chi connectivity index (χ4v) is 5.01. The van der Waals surface area contributed by atoms with Crippen LogP contribution in [0.4, 0.5) is 21.9 Å². The quantitative estimate of drug-likeness (QED) is 0.242. The summed E-state index contributed by atoms with van der Waals surface area (Å²) in [6.45, 7) is 2.01. The zero-order chi connectivity index (χ0) is 28.6. The van der Waals surface area contributed by atoms with Crippen LogP contribution in [0.15, 0.2) is 91.0 Å². The van der Waals surface area contributed by atoms with Crippen LogP contribution >= 0.6 is 0 Å². The molecule has 8 nitrogen and oxygen atoms in total. The summed E-state index contributed by atoms with van der Waals surface area (Å²) in [6.07, 6.45) is 1.63. The van der Waals surface area contributed by atoms with E-state index in [1.165, 1.54) is 11.1 Å². The number of carbonyl (C=O) groups excluding carboxylic acids is 2. The maximum absolute atomic E-state index is 13.5. The maximum Gasteiger partial charge on any atom is 0.323 e. The molecule has 0 saturated carbocycles. The van der Waals surface area contributed by atoms with E-state index in [1.807, 2.05) is 48.5 Å². The highest BCUT2D eigenvalue weighted by Gasteiger charge is 2.22. The summed E-state index contributed by atoms with van der Waals surface area (Å²) < 4.78 is 10.6. The van der Waals surface area contributed by atoms with Crippen molar-refractivity contribution >= 4 is 29.0 Å². The molecule has 0 bridgehead atoms. The van der Waals surface area contributed by atoms with Gasteiger partial charge < -0.3 is 30.3 Å². The number of nitrogens with one attached hydrogen (secondary N) is 3. The number of rotatable bonds is 9. The molecule has 1 aliphatic rings. The molecule has 1 aliphatic heterocycles.